The molecule has 0 spiro atoms. The summed E-state index contributed by atoms with van der Waals surface area (Å²) in [5.74, 6) is 0.977. The van der Waals surface area contributed by atoms with Crippen LogP contribution in [0.3, 0.4) is 0 Å². The minimum Gasteiger partial charge on any atom is -0.373 e. The summed E-state index contributed by atoms with van der Waals surface area (Å²) in [5, 5.41) is -0.728. The molecule has 11 rings (SSSR count). The van der Waals surface area contributed by atoms with Crippen molar-refractivity contribution in [2.24, 2.45) is 56.7 Å². The standard InChI is InChI=1S/C87H174O15S20Si5/c1-21-76-55-49-70(60-76)65-82(76,123(88-26-6,89-27-7)90-28-8)118(108,113-103)75-48-46-44-42-41-43-45-47-54-81(119(109,114-104)83(66-71-50-56-77(83,22-2)61-71)124(91-29-9,92-30-10)93-31-11,120(110,115-105)84(67-72-51-57-78(84,23-3)62-72)125(94-32-12,95-33-13)96-34-14)87(75,121(111,116-106)85(68-73-52-58-79(85,24-4)63-73)126(97-35-15,98-36-16)99-37-17)122(112,117-107)86(69-74-53-59-80(86,25-5)64-74)127(100-38-18,101-39-19)102-40-20/h70-75,103-112H,21-69H2,1-20H3. The Hall–Kier alpha value is 7.48. The zero-order valence-electron chi connectivity index (χ0n) is 81.3. The zero-order valence-corrected chi connectivity index (χ0v) is 103. The van der Waals surface area contributed by atoms with Gasteiger partial charge in [-0.3, -0.25) is 0 Å². The molecular weight excluding hydrogens is 2070 g/mol. The van der Waals surface area contributed by atoms with E-state index in [0.29, 0.717) is 138 Å². The van der Waals surface area contributed by atoms with Crippen molar-refractivity contribution in [3.63, 3.8) is 0 Å². The molecule has 0 amide bonds. The molecule has 0 heterocycles. The Morgan fingerprint density at radius 1 is 0.236 bits per heavy atom. The Labute approximate surface area is 854 Å². The highest BCUT2D eigenvalue weighted by atomic mass is 33.8. The van der Waals surface area contributed by atoms with Crippen LogP contribution in [0.25, 0.3) is 0 Å². The molecule has 752 valence electrons. The van der Waals surface area contributed by atoms with Crippen molar-refractivity contribution in [1.29, 1.82) is 0 Å². The molecule has 0 saturated heterocycles. The van der Waals surface area contributed by atoms with Gasteiger partial charge in [0, 0.05) is 104 Å². The van der Waals surface area contributed by atoms with Crippen LogP contribution in [0.15, 0.2) is 0 Å². The first-order chi connectivity index (χ1) is 60.8. The minimum atomic E-state index is -4.65. The Bertz CT molecular complexity index is 3320. The van der Waals surface area contributed by atoms with Crippen molar-refractivity contribution in [2.75, 3.05) is 99.1 Å². The third-order valence-electron chi connectivity index (χ3n) is 35.1. The number of rotatable bonds is 55. The van der Waals surface area contributed by atoms with Crippen molar-refractivity contribution in [2.45, 2.75) is 392 Å². The van der Waals surface area contributed by atoms with Crippen LogP contribution in [0, 0.1) is 56.7 Å². The summed E-state index contributed by atoms with van der Waals surface area (Å²) in [6.07, 6.45) is 29.1. The van der Waals surface area contributed by atoms with Crippen LogP contribution < -0.4 is 0 Å². The van der Waals surface area contributed by atoms with E-state index in [1.807, 2.05) is 0 Å². The SMILES string of the molecule is CCO[Si](OCC)(OCC)C1(S(S)(SS)C2CCCCCCCCCC(S(S)(SS)C3([Si](OCC)(OCC)OCC)CC4CCC3(CC)C4)(S(S)(SS)C3([Si](OCC)(OCC)OCC)CC4CCC3(CC)C4)C2(S(S)(SS)C2([Si](OCC)(OCC)OCC)CC3CCC2(CC)C3)S(S)(SS)C2([Si](OCC)(OCC)OCC)CC3CCC2(CC)C3)CC2CCC1(CC)C2. The van der Waals surface area contributed by atoms with Crippen molar-refractivity contribution in [3.05, 3.63) is 0 Å². The van der Waals surface area contributed by atoms with E-state index in [1.54, 1.807) is 49.1 Å². The highest BCUT2D eigenvalue weighted by molar-refractivity contribution is 9.45. The van der Waals surface area contributed by atoms with Gasteiger partial charge in [0.2, 0.25) is 0 Å². The van der Waals surface area contributed by atoms with Crippen molar-refractivity contribution < 1.29 is 66.4 Å². The van der Waals surface area contributed by atoms with Gasteiger partial charge in [-0.25, -0.2) is 0 Å². The van der Waals surface area contributed by atoms with Gasteiger partial charge < -0.3 is 66.4 Å². The van der Waals surface area contributed by atoms with Gasteiger partial charge in [0.05, 0.1) is 25.9 Å². The van der Waals surface area contributed by atoms with E-state index in [-0.39, 0.29) is 29.6 Å². The minimum absolute atomic E-state index is 0.170. The normalized spacial score (nSPS) is 40.1. The van der Waals surface area contributed by atoms with Crippen LogP contribution in [-0.2, 0) is 66.4 Å². The monoisotopic (exact) mass is 2240 g/mol. The molecule has 0 aromatic heterocycles. The Kier molecular flexibility index (Phi) is 41.3. The highest BCUT2D eigenvalue weighted by Crippen LogP contribution is 3.17. The average Bonchev–Trinajstić information content (AvgIpc) is 1.52. The van der Waals surface area contributed by atoms with Gasteiger partial charge in [0.1, 0.15) is 4.08 Å². The Balaban J connectivity index is 1.76. The van der Waals surface area contributed by atoms with E-state index < -0.39 is 147 Å². The van der Waals surface area contributed by atoms with E-state index in [1.165, 1.54) is 0 Å². The molecule has 11 saturated carbocycles. The third kappa shape index (κ3) is 15.8. The number of hydrogen-bond donors (Lipinski definition) is 10. The number of thiol groups is 10. The molecule has 40 heteroatoms. The smallest absolute Gasteiger partial charge is 0.373 e. The van der Waals surface area contributed by atoms with Crippen LogP contribution in [-0.4, -0.2) is 178 Å². The van der Waals surface area contributed by atoms with Gasteiger partial charge >= 0.3 is 44.0 Å². The maximum absolute atomic E-state index is 8.59. The highest BCUT2D eigenvalue weighted by Gasteiger charge is 3.01. The molecule has 11 aliphatic carbocycles. The van der Waals surface area contributed by atoms with Crippen LogP contribution in [0.2, 0.25) is 0 Å². The summed E-state index contributed by atoms with van der Waals surface area (Å²) < 4.78 is 119. The van der Waals surface area contributed by atoms with Gasteiger partial charge in [-0.15, -0.1) is 157 Å². The molecule has 0 aliphatic heterocycles. The van der Waals surface area contributed by atoms with E-state index >= 15 is 0 Å². The van der Waals surface area contributed by atoms with Gasteiger partial charge in [-0.05, 0) is 383 Å². The summed E-state index contributed by atoms with van der Waals surface area (Å²) >= 11 is 75.2. The fraction of sp³-hybridized carbons (Fsp3) is 1.00. The fourth-order valence-electron chi connectivity index (χ4n) is 31.6. The predicted molar refractivity (Wildman–Crippen MR) is 607 cm³/mol. The lowest BCUT2D eigenvalue weighted by molar-refractivity contribution is 0.0319. The third-order valence-corrected chi connectivity index (χ3v) is 129. The number of hydrogen-bond acceptors (Lipinski definition) is 30. The van der Waals surface area contributed by atoms with Crippen LogP contribution in [0.1, 0.15) is 357 Å². The molecule has 21 unspecified atom stereocenters. The molecule has 0 N–H and O–H groups in total. The summed E-state index contributed by atoms with van der Waals surface area (Å²) in [7, 11) is -32.3. The molecule has 11 aliphatic rings. The molecule has 15 nitrogen and oxygen atoms in total. The molecule has 0 radical (unpaired) electrons. The number of fused-ring (bicyclic) bond motifs is 10. The molecule has 21 atom stereocenters. The Morgan fingerprint density at radius 2 is 0.433 bits per heavy atom. The molecule has 10 bridgehead atoms. The van der Waals surface area contributed by atoms with Crippen LogP contribution in [0.4, 0.5) is 0 Å². The van der Waals surface area contributed by atoms with E-state index in [2.05, 4.69) is 138 Å². The summed E-state index contributed by atoms with van der Waals surface area (Å²) in [6.45, 7) is 50.5. The second-order valence-electron chi connectivity index (χ2n) is 38.6. The van der Waals surface area contributed by atoms with E-state index in [4.69, 9.17) is 183 Å². The summed E-state index contributed by atoms with van der Waals surface area (Å²) in [5.41, 5.74) is -2.97. The van der Waals surface area contributed by atoms with Crippen LogP contribution in [0.5, 0.6) is 0 Å². The molecule has 11 fully saturated rings. The average molecular weight is 2240 g/mol. The van der Waals surface area contributed by atoms with Crippen molar-refractivity contribution in [1.82, 2.24) is 0 Å². The molecule has 127 heavy (non-hydrogen) atoms. The lowest BCUT2D eigenvalue weighted by Gasteiger charge is -2.88. The zero-order chi connectivity index (χ0) is 93.3. The van der Waals surface area contributed by atoms with Gasteiger partial charge in [-0.2, -0.15) is 0 Å². The second-order valence-corrected chi connectivity index (χ2v) is 96.5. The maximum Gasteiger partial charge on any atom is 0.518 e. The van der Waals surface area contributed by atoms with Gasteiger partial charge in [0.15, 0.2) is 0 Å². The first-order valence-electron chi connectivity index (χ1n) is 49.8. The van der Waals surface area contributed by atoms with Crippen molar-refractivity contribution >= 4 is 250 Å². The largest absolute Gasteiger partial charge is 0.518 e. The fourth-order valence-corrected chi connectivity index (χ4v) is 151. The Morgan fingerprint density at radius 3 is 0.638 bits per heavy atom. The topological polar surface area (TPSA) is 138 Å². The van der Waals surface area contributed by atoms with E-state index in [0.717, 1.165) is 180 Å². The first-order valence-corrected chi connectivity index (χ1v) is 83.8. The van der Waals surface area contributed by atoms with Crippen molar-refractivity contribution in [3.8, 4) is 0 Å². The molecule has 0 aromatic rings. The maximum atomic E-state index is 8.59. The predicted octanol–water partition coefficient (Wildman–Crippen LogP) is 30.6. The lowest BCUT2D eigenvalue weighted by Crippen LogP contribution is -2.84. The van der Waals surface area contributed by atoms with E-state index in [9.17, 15) is 0 Å². The molecule has 0 aromatic carbocycles. The van der Waals surface area contributed by atoms with Gasteiger partial charge in [-0.1, -0.05) is 79.6 Å². The summed E-state index contributed by atoms with van der Waals surface area (Å²) in [6, 6.07) is 0. The quantitative estimate of drug-likeness (QED) is 0.0160. The lowest BCUT2D eigenvalue weighted by atomic mass is 9.80. The molecular formula is C87H174O15S20Si5. The second kappa shape index (κ2) is 45.7. The summed E-state index contributed by atoms with van der Waals surface area (Å²) in [4.78, 5) is 0. The van der Waals surface area contributed by atoms with Crippen LogP contribution >= 0.6 is 206 Å². The van der Waals surface area contributed by atoms with Gasteiger partial charge in [0.25, 0.3) is 0 Å². The first kappa shape index (κ1) is 115.